The molecule has 0 aliphatic heterocycles. The first-order valence-corrected chi connectivity index (χ1v) is 7.04. The number of phenolic OH excluding ortho intramolecular Hbond substituents is 1. The molecule has 23 heavy (non-hydrogen) atoms. The van der Waals surface area contributed by atoms with Gasteiger partial charge in [0.1, 0.15) is 5.75 Å². The maximum Gasteiger partial charge on any atom is 0.370 e. The fraction of sp³-hybridized carbons (Fsp3) is 0.0556. The zero-order chi connectivity index (χ0) is 16.3. The van der Waals surface area contributed by atoms with Crippen LogP contribution in [0.5, 0.6) is 5.75 Å². The number of hydrogen-bond donors (Lipinski definition) is 1. The highest BCUT2D eigenvalue weighted by atomic mass is 16.3. The monoisotopic (exact) mass is 302 g/mol. The molecule has 2 aromatic rings. The number of hydrogen-bond acceptors (Lipinski definition) is 3. The van der Waals surface area contributed by atoms with Crippen LogP contribution >= 0.6 is 0 Å². The van der Waals surface area contributed by atoms with Gasteiger partial charge in [-0.2, -0.15) is 4.79 Å². The van der Waals surface area contributed by atoms with Crippen LogP contribution in [0.3, 0.4) is 0 Å². The third kappa shape index (κ3) is 1.57. The van der Waals surface area contributed by atoms with Crippen LogP contribution in [-0.4, -0.2) is 9.90 Å². The lowest BCUT2D eigenvalue weighted by atomic mass is 10.0. The van der Waals surface area contributed by atoms with Gasteiger partial charge in [0, 0.05) is 16.0 Å². The van der Waals surface area contributed by atoms with E-state index in [4.69, 9.17) is 0 Å². The van der Waals surface area contributed by atoms with Crippen molar-refractivity contribution in [2.75, 3.05) is 0 Å². The average Bonchev–Trinajstić information content (AvgIpc) is 2.81. The predicted octanol–water partition coefficient (Wildman–Crippen LogP) is 1.46. The molecule has 5 nitrogen and oxygen atoms in total. The molecule has 0 atom stereocenters. The van der Waals surface area contributed by atoms with Gasteiger partial charge >= 0.3 is 5.36 Å². The molecule has 110 valence electrons. The molecular weight excluding hydrogens is 292 g/mol. The van der Waals surface area contributed by atoms with Crippen LogP contribution < -0.4 is 16.2 Å². The van der Waals surface area contributed by atoms with E-state index in [2.05, 4.69) is 4.79 Å². The Balaban J connectivity index is 2.65. The van der Waals surface area contributed by atoms with Crippen molar-refractivity contribution in [2.45, 2.75) is 6.92 Å². The summed E-state index contributed by atoms with van der Waals surface area (Å²) in [5.41, 5.74) is 9.18. The Morgan fingerprint density at radius 3 is 2.35 bits per heavy atom. The summed E-state index contributed by atoms with van der Waals surface area (Å²) in [5, 5.41) is 12.0. The van der Waals surface area contributed by atoms with Crippen molar-refractivity contribution in [1.29, 1.82) is 0 Å². The summed E-state index contributed by atoms with van der Waals surface area (Å²) in [6.45, 7) is 1.74. The molecule has 5 heteroatoms. The minimum Gasteiger partial charge on any atom is -0.507 e. The lowest BCUT2D eigenvalue weighted by molar-refractivity contribution is -0.0642. The number of phenols is 1. The SMILES string of the molecule is Cc1cc(O)c2c3c(=O)c4ccccc4c=3c(=O)c(=[N+]=[N-])c2c1. The van der Waals surface area contributed by atoms with Crippen molar-refractivity contribution in [3.05, 3.63) is 83.7 Å². The Labute approximate surface area is 128 Å². The lowest BCUT2D eigenvalue weighted by Crippen LogP contribution is -2.28. The van der Waals surface area contributed by atoms with Gasteiger partial charge in [-0.3, -0.25) is 9.59 Å². The zero-order valence-corrected chi connectivity index (χ0v) is 12.1. The first-order chi connectivity index (χ1) is 11.0. The summed E-state index contributed by atoms with van der Waals surface area (Å²) in [7, 11) is 0. The normalized spacial score (nSPS) is 11.3. The molecule has 4 rings (SSSR count). The molecule has 2 aliphatic rings. The van der Waals surface area contributed by atoms with Crippen molar-refractivity contribution in [3.8, 4) is 5.75 Å². The Hall–Kier alpha value is -3.30. The van der Waals surface area contributed by atoms with Gasteiger partial charge in [0.05, 0.1) is 10.6 Å². The molecule has 0 aromatic heterocycles. The Kier molecular flexibility index (Phi) is 2.53. The summed E-state index contributed by atoms with van der Waals surface area (Å²) in [6.07, 6.45) is 0. The Morgan fingerprint density at radius 2 is 1.65 bits per heavy atom. The van der Waals surface area contributed by atoms with E-state index in [1.54, 1.807) is 37.3 Å². The summed E-state index contributed by atoms with van der Waals surface area (Å²) < 4.78 is 0. The van der Waals surface area contributed by atoms with Crippen molar-refractivity contribution in [3.63, 3.8) is 0 Å². The van der Waals surface area contributed by atoms with Crippen LogP contribution in [0.1, 0.15) is 5.56 Å². The van der Waals surface area contributed by atoms with Gasteiger partial charge in [0.25, 0.3) is 5.43 Å². The number of nitrogens with zero attached hydrogens (tertiary/aromatic N) is 2. The average molecular weight is 302 g/mol. The van der Waals surface area contributed by atoms with E-state index in [1.807, 2.05) is 0 Å². The van der Waals surface area contributed by atoms with Crippen LogP contribution in [0.25, 0.3) is 27.1 Å². The topological polar surface area (TPSA) is 90.8 Å². The van der Waals surface area contributed by atoms with Crippen molar-refractivity contribution >= 4 is 21.5 Å². The molecule has 2 aliphatic carbocycles. The molecule has 0 saturated heterocycles. The second-order valence-electron chi connectivity index (χ2n) is 5.61. The number of aromatic hydroxyl groups is 1. The van der Waals surface area contributed by atoms with E-state index >= 15 is 0 Å². The minimum atomic E-state index is -0.515. The van der Waals surface area contributed by atoms with Gasteiger partial charge in [-0.1, -0.05) is 24.3 Å². The van der Waals surface area contributed by atoms with Gasteiger partial charge in [0.2, 0.25) is 0 Å². The highest BCUT2D eigenvalue weighted by Gasteiger charge is 2.20. The largest absolute Gasteiger partial charge is 0.507 e. The van der Waals surface area contributed by atoms with E-state index in [-0.39, 0.29) is 37.7 Å². The molecule has 0 fully saturated rings. The van der Waals surface area contributed by atoms with Crippen molar-refractivity contribution < 1.29 is 9.90 Å². The van der Waals surface area contributed by atoms with Crippen LogP contribution in [0, 0.1) is 17.4 Å². The lowest BCUT2D eigenvalue weighted by Gasteiger charge is -2.00. The second-order valence-corrected chi connectivity index (χ2v) is 5.61. The van der Waals surface area contributed by atoms with Crippen LogP contribution in [0.2, 0.25) is 0 Å². The molecule has 0 bridgehead atoms. The highest BCUT2D eigenvalue weighted by Crippen LogP contribution is 2.26. The summed E-state index contributed by atoms with van der Waals surface area (Å²) in [6, 6.07) is 9.92. The minimum absolute atomic E-state index is 0.109. The van der Waals surface area contributed by atoms with Crippen LogP contribution in [0.4, 0.5) is 0 Å². The standard InChI is InChI=1S/C18H10N2O3/c1-8-6-11-13(12(21)7-8)15-14(18(23)16(11)20-19)9-4-2-3-5-10(9)17(15)22/h2-7,21H,1H3. The first-order valence-electron chi connectivity index (χ1n) is 7.04. The predicted molar refractivity (Wildman–Crippen MR) is 84.8 cm³/mol. The molecule has 0 unspecified atom stereocenters. The molecule has 2 aromatic carbocycles. The van der Waals surface area contributed by atoms with Gasteiger partial charge in [-0.05, 0) is 30.0 Å². The molecular formula is C18H10N2O3. The van der Waals surface area contributed by atoms with Crippen LogP contribution in [-0.2, 0) is 0 Å². The van der Waals surface area contributed by atoms with Crippen molar-refractivity contribution in [2.24, 2.45) is 0 Å². The highest BCUT2D eigenvalue weighted by molar-refractivity contribution is 5.94. The van der Waals surface area contributed by atoms with E-state index in [1.165, 1.54) is 6.07 Å². The van der Waals surface area contributed by atoms with E-state index in [9.17, 15) is 20.2 Å². The molecule has 0 spiro atoms. The quantitative estimate of drug-likeness (QED) is 0.394. The van der Waals surface area contributed by atoms with Gasteiger partial charge in [-0.15, -0.1) is 0 Å². The molecule has 0 saturated carbocycles. The summed E-state index contributed by atoms with van der Waals surface area (Å²) in [4.78, 5) is 28.6. The molecule has 0 heterocycles. The Bertz CT molecular complexity index is 1370. The number of fused-ring (bicyclic) bond motifs is 4. The molecule has 0 amide bonds. The zero-order valence-electron chi connectivity index (χ0n) is 12.1. The second kappa shape index (κ2) is 4.35. The van der Waals surface area contributed by atoms with Gasteiger partial charge < -0.3 is 10.6 Å². The fourth-order valence-corrected chi connectivity index (χ4v) is 3.31. The summed E-state index contributed by atoms with van der Waals surface area (Å²) in [5.74, 6) is -0.109. The van der Waals surface area contributed by atoms with E-state index in [0.717, 1.165) is 0 Å². The molecule has 0 radical (unpaired) electrons. The Morgan fingerprint density at radius 1 is 0.957 bits per heavy atom. The van der Waals surface area contributed by atoms with Crippen molar-refractivity contribution in [1.82, 2.24) is 0 Å². The number of rotatable bonds is 0. The fourth-order valence-electron chi connectivity index (χ4n) is 3.31. The van der Waals surface area contributed by atoms with E-state index in [0.29, 0.717) is 16.3 Å². The number of benzene rings is 2. The van der Waals surface area contributed by atoms with E-state index < -0.39 is 5.43 Å². The van der Waals surface area contributed by atoms with Crippen LogP contribution in [0.15, 0.2) is 46.0 Å². The number of aryl methyl sites for hydroxylation is 1. The smallest absolute Gasteiger partial charge is 0.370 e. The summed E-state index contributed by atoms with van der Waals surface area (Å²) >= 11 is 0. The third-order valence-corrected chi connectivity index (χ3v) is 4.23. The first kappa shape index (κ1) is 13.4. The van der Waals surface area contributed by atoms with Gasteiger partial charge in [0.15, 0.2) is 5.43 Å². The molecule has 1 N–H and O–H groups in total. The maximum atomic E-state index is 12.7. The maximum absolute atomic E-state index is 12.7. The van der Waals surface area contributed by atoms with Gasteiger partial charge in [-0.25, -0.2) is 0 Å². The third-order valence-electron chi connectivity index (χ3n) is 4.23.